The van der Waals surface area contributed by atoms with Gasteiger partial charge >= 0.3 is 12.0 Å². The molecule has 7 heteroatoms. The van der Waals surface area contributed by atoms with Crippen molar-refractivity contribution in [3.63, 3.8) is 0 Å². The first kappa shape index (κ1) is 17.1. The smallest absolute Gasteiger partial charge is 0.316 e. The van der Waals surface area contributed by atoms with Gasteiger partial charge in [0.25, 0.3) is 0 Å². The highest BCUT2D eigenvalue weighted by Crippen LogP contribution is 2.29. The third-order valence-electron chi connectivity index (χ3n) is 4.50. The van der Waals surface area contributed by atoms with Crippen molar-refractivity contribution in [2.75, 3.05) is 12.8 Å². The molecule has 7 nitrogen and oxygen atoms in total. The third kappa shape index (κ3) is 4.65. The molecule has 0 amide bonds. The highest BCUT2D eigenvalue weighted by Gasteiger charge is 2.25. The van der Waals surface area contributed by atoms with Crippen molar-refractivity contribution in [3.05, 3.63) is 30.7 Å². The topological polar surface area (TPSA) is 100 Å². The third-order valence-corrected chi connectivity index (χ3v) is 4.50. The number of esters is 1. The summed E-state index contributed by atoms with van der Waals surface area (Å²) in [5.74, 6) is 0.724. The van der Waals surface area contributed by atoms with Gasteiger partial charge in [0.15, 0.2) is 0 Å². The van der Waals surface area contributed by atoms with Crippen LogP contribution in [-0.4, -0.2) is 34.1 Å². The van der Waals surface area contributed by atoms with Gasteiger partial charge in [0.05, 0.1) is 7.11 Å². The van der Waals surface area contributed by atoms with Crippen LogP contribution < -0.4 is 10.5 Å². The number of rotatable bonds is 5. The molecule has 1 aliphatic rings. The molecule has 1 saturated carbocycles. The molecule has 0 bridgehead atoms. The first-order chi connectivity index (χ1) is 12.1. The minimum Gasteiger partial charge on any atom is -0.469 e. The molecule has 2 heterocycles. The summed E-state index contributed by atoms with van der Waals surface area (Å²) in [6, 6.07) is 4.00. The van der Waals surface area contributed by atoms with E-state index < -0.39 is 0 Å². The van der Waals surface area contributed by atoms with Gasteiger partial charge in [-0.1, -0.05) is 0 Å². The van der Waals surface area contributed by atoms with Crippen molar-refractivity contribution in [1.29, 1.82) is 0 Å². The molecular formula is C18H22N4O3. The molecular weight excluding hydrogens is 320 g/mol. The number of pyridine rings is 1. The molecule has 0 spiro atoms. The van der Waals surface area contributed by atoms with Crippen LogP contribution in [0.5, 0.6) is 6.01 Å². The van der Waals surface area contributed by atoms with Crippen LogP contribution in [0.1, 0.15) is 32.1 Å². The molecule has 2 aromatic rings. The van der Waals surface area contributed by atoms with E-state index in [9.17, 15) is 4.79 Å². The molecule has 0 aromatic carbocycles. The van der Waals surface area contributed by atoms with Gasteiger partial charge in [0, 0.05) is 36.1 Å². The van der Waals surface area contributed by atoms with Crippen molar-refractivity contribution in [2.24, 2.45) is 5.92 Å². The second kappa shape index (κ2) is 7.92. The predicted octanol–water partition coefficient (Wildman–Crippen LogP) is 2.62. The van der Waals surface area contributed by atoms with Gasteiger partial charge < -0.3 is 15.2 Å². The fourth-order valence-corrected chi connectivity index (χ4v) is 3.02. The monoisotopic (exact) mass is 342 g/mol. The Morgan fingerprint density at radius 3 is 2.36 bits per heavy atom. The van der Waals surface area contributed by atoms with E-state index in [1.165, 1.54) is 7.11 Å². The van der Waals surface area contributed by atoms with Crippen LogP contribution in [-0.2, 0) is 9.53 Å². The van der Waals surface area contributed by atoms with E-state index in [0.717, 1.165) is 36.8 Å². The van der Waals surface area contributed by atoms with Crippen LogP contribution in [0.15, 0.2) is 30.7 Å². The van der Waals surface area contributed by atoms with Crippen LogP contribution in [0.3, 0.4) is 0 Å². The van der Waals surface area contributed by atoms with Crippen molar-refractivity contribution in [1.82, 2.24) is 15.0 Å². The maximum atomic E-state index is 11.3. The van der Waals surface area contributed by atoms with Gasteiger partial charge in [0.1, 0.15) is 11.9 Å². The molecule has 25 heavy (non-hydrogen) atoms. The van der Waals surface area contributed by atoms with Crippen LogP contribution in [0, 0.1) is 5.92 Å². The van der Waals surface area contributed by atoms with Gasteiger partial charge in [-0.2, -0.15) is 0 Å². The Kier molecular flexibility index (Phi) is 5.42. The Morgan fingerprint density at radius 2 is 1.76 bits per heavy atom. The number of nitrogens with zero attached hydrogens (tertiary/aromatic N) is 3. The summed E-state index contributed by atoms with van der Waals surface area (Å²) in [4.78, 5) is 24.0. The molecule has 2 aromatic heterocycles. The highest BCUT2D eigenvalue weighted by atomic mass is 16.5. The standard InChI is InChI=1S/C18H22N4O3/c1-24-17(23)8-12-2-5-15(6-3-12)25-18-21-10-14(11-22-18)13-4-7-16(19)20-9-13/h4,7,9-12,15H,2-3,5-6,8H2,1H3,(H2,19,20). The Morgan fingerprint density at radius 1 is 1.08 bits per heavy atom. The lowest BCUT2D eigenvalue weighted by atomic mass is 9.85. The number of hydrogen-bond donors (Lipinski definition) is 1. The number of aromatic nitrogens is 3. The molecule has 1 fully saturated rings. The zero-order valence-corrected chi connectivity index (χ0v) is 14.2. The van der Waals surface area contributed by atoms with Gasteiger partial charge in [-0.15, -0.1) is 0 Å². The normalized spacial score (nSPS) is 20.0. The lowest BCUT2D eigenvalue weighted by molar-refractivity contribution is -0.142. The summed E-state index contributed by atoms with van der Waals surface area (Å²) in [6.07, 6.45) is 9.42. The number of carbonyl (C=O) groups is 1. The summed E-state index contributed by atoms with van der Waals surface area (Å²) < 4.78 is 10.6. The summed E-state index contributed by atoms with van der Waals surface area (Å²) in [7, 11) is 1.43. The molecule has 0 atom stereocenters. The predicted molar refractivity (Wildman–Crippen MR) is 92.7 cm³/mol. The maximum absolute atomic E-state index is 11.3. The highest BCUT2D eigenvalue weighted by molar-refractivity contribution is 5.69. The molecule has 132 valence electrons. The largest absolute Gasteiger partial charge is 0.469 e. The number of ether oxygens (including phenoxy) is 2. The molecule has 3 rings (SSSR count). The number of nitrogens with two attached hydrogens (primary N) is 1. The molecule has 0 saturated heterocycles. The Balaban J connectivity index is 1.52. The first-order valence-electron chi connectivity index (χ1n) is 8.41. The molecule has 2 N–H and O–H groups in total. The minimum absolute atomic E-state index is 0.0953. The second-order valence-corrected chi connectivity index (χ2v) is 6.27. The first-order valence-corrected chi connectivity index (χ1v) is 8.41. The molecule has 0 radical (unpaired) electrons. The van der Waals surface area contributed by atoms with Gasteiger partial charge in [-0.25, -0.2) is 15.0 Å². The zero-order valence-electron chi connectivity index (χ0n) is 14.2. The second-order valence-electron chi connectivity index (χ2n) is 6.27. The Hall–Kier alpha value is -2.70. The van der Waals surface area contributed by atoms with Gasteiger partial charge in [-0.3, -0.25) is 4.79 Å². The Labute approximate surface area is 146 Å². The van der Waals surface area contributed by atoms with Crippen LogP contribution in [0.25, 0.3) is 11.1 Å². The number of nitrogen functional groups attached to an aromatic ring is 1. The van der Waals surface area contributed by atoms with Crippen molar-refractivity contribution < 1.29 is 14.3 Å². The van der Waals surface area contributed by atoms with E-state index >= 15 is 0 Å². The summed E-state index contributed by atoms with van der Waals surface area (Å²) in [6.45, 7) is 0. The van der Waals surface area contributed by atoms with E-state index in [-0.39, 0.29) is 12.1 Å². The average Bonchev–Trinajstić information content (AvgIpc) is 2.64. The van der Waals surface area contributed by atoms with Gasteiger partial charge in [-0.05, 0) is 43.7 Å². The average molecular weight is 342 g/mol. The number of hydrogen-bond acceptors (Lipinski definition) is 7. The van der Waals surface area contributed by atoms with E-state index in [2.05, 4.69) is 15.0 Å². The van der Waals surface area contributed by atoms with Gasteiger partial charge in [0.2, 0.25) is 0 Å². The van der Waals surface area contributed by atoms with Crippen molar-refractivity contribution in [3.8, 4) is 17.1 Å². The van der Waals surface area contributed by atoms with E-state index in [0.29, 0.717) is 24.2 Å². The maximum Gasteiger partial charge on any atom is 0.316 e. The fourth-order valence-electron chi connectivity index (χ4n) is 3.02. The minimum atomic E-state index is -0.138. The Bertz CT molecular complexity index is 695. The summed E-state index contributed by atoms with van der Waals surface area (Å²) in [5.41, 5.74) is 7.36. The van der Waals surface area contributed by atoms with E-state index in [4.69, 9.17) is 15.2 Å². The lowest BCUT2D eigenvalue weighted by Crippen LogP contribution is -2.26. The molecule has 0 unspecified atom stereocenters. The fraction of sp³-hybridized carbons (Fsp3) is 0.444. The van der Waals surface area contributed by atoms with Crippen molar-refractivity contribution >= 4 is 11.8 Å². The van der Waals surface area contributed by atoms with E-state index in [1.807, 2.05) is 6.07 Å². The summed E-state index contributed by atoms with van der Waals surface area (Å²) in [5, 5.41) is 0. The quantitative estimate of drug-likeness (QED) is 0.834. The van der Waals surface area contributed by atoms with Crippen LogP contribution >= 0.6 is 0 Å². The van der Waals surface area contributed by atoms with Crippen LogP contribution in [0.4, 0.5) is 5.82 Å². The zero-order chi connectivity index (χ0) is 17.6. The number of anilines is 1. The van der Waals surface area contributed by atoms with Crippen LogP contribution in [0.2, 0.25) is 0 Å². The summed E-state index contributed by atoms with van der Waals surface area (Å²) >= 11 is 0. The lowest BCUT2D eigenvalue weighted by Gasteiger charge is -2.27. The molecule has 1 aliphatic carbocycles. The number of carbonyl (C=O) groups excluding carboxylic acids is 1. The molecule has 0 aliphatic heterocycles. The van der Waals surface area contributed by atoms with Crippen molar-refractivity contribution in [2.45, 2.75) is 38.2 Å². The van der Waals surface area contributed by atoms with E-state index in [1.54, 1.807) is 24.7 Å². The SMILES string of the molecule is COC(=O)CC1CCC(Oc2ncc(-c3ccc(N)nc3)cn2)CC1. The number of methoxy groups -OCH3 is 1.